The van der Waals surface area contributed by atoms with Crippen molar-refractivity contribution < 1.29 is 14.4 Å². The van der Waals surface area contributed by atoms with E-state index >= 15 is 0 Å². The van der Waals surface area contributed by atoms with Crippen LogP contribution < -0.4 is 10.2 Å². The van der Waals surface area contributed by atoms with E-state index in [1.165, 1.54) is 5.56 Å². The Morgan fingerprint density at radius 3 is 2.45 bits per heavy atom. The normalized spacial score (nSPS) is 14.5. The van der Waals surface area contributed by atoms with Crippen molar-refractivity contribution in [3.8, 4) is 11.3 Å². The molecule has 5 heteroatoms. The van der Waals surface area contributed by atoms with Gasteiger partial charge in [-0.2, -0.15) is 0 Å². The van der Waals surface area contributed by atoms with E-state index in [2.05, 4.69) is 28.9 Å². The van der Waals surface area contributed by atoms with Crippen LogP contribution in [-0.4, -0.2) is 43.3 Å². The van der Waals surface area contributed by atoms with Crippen LogP contribution in [0.3, 0.4) is 0 Å². The summed E-state index contributed by atoms with van der Waals surface area (Å²) in [6.07, 6.45) is 1.07. The molecule has 0 unspecified atom stereocenters. The van der Waals surface area contributed by atoms with Gasteiger partial charge < -0.3 is 19.5 Å². The molecule has 2 heterocycles. The van der Waals surface area contributed by atoms with E-state index in [1.54, 1.807) is 4.90 Å². The molecule has 1 amide bonds. The fourth-order valence-corrected chi connectivity index (χ4v) is 4.24. The lowest BCUT2D eigenvalue weighted by Crippen LogP contribution is -3.14. The monoisotopic (exact) mass is 418 g/mol. The van der Waals surface area contributed by atoms with Crippen LogP contribution in [0.5, 0.6) is 0 Å². The lowest BCUT2D eigenvalue weighted by Gasteiger charge is -2.24. The standard InChI is InChI=1S/C26H31N3O2/c1-20-9-11-23(12-10-20)27-26(30)24-19-25(22-7-4-3-5-8-22)29(21(24)2)14-6-13-28-15-17-31-18-16-28/h3-5,7-12,19H,6,13-18H2,1-2H3,(H,27,30)/p+1. The van der Waals surface area contributed by atoms with E-state index in [4.69, 9.17) is 4.74 Å². The Labute approximate surface area is 184 Å². The molecule has 1 saturated heterocycles. The van der Waals surface area contributed by atoms with Gasteiger partial charge >= 0.3 is 0 Å². The summed E-state index contributed by atoms with van der Waals surface area (Å²) in [6, 6.07) is 20.3. The van der Waals surface area contributed by atoms with Crippen molar-refractivity contribution >= 4 is 11.6 Å². The van der Waals surface area contributed by atoms with Gasteiger partial charge in [0.2, 0.25) is 0 Å². The van der Waals surface area contributed by atoms with Gasteiger partial charge in [-0.1, -0.05) is 48.0 Å². The van der Waals surface area contributed by atoms with E-state index in [-0.39, 0.29) is 5.91 Å². The van der Waals surface area contributed by atoms with Crippen LogP contribution in [0.4, 0.5) is 5.69 Å². The number of carbonyl (C=O) groups is 1. The maximum Gasteiger partial charge on any atom is 0.257 e. The van der Waals surface area contributed by atoms with Crippen LogP contribution in [0.25, 0.3) is 11.3 Å². The number of anilines is 1. The first-order valence-electron chi connectivity index (χ1n) is 11.2. The molecular formula is C26H32N3O2+. The summed E-state index contributed by atoms with van der Waals surface area (Å²) >= 11 is 0. The first kappa shape index (κ1) is 21.3. The topological polar surface area (TPSA) is 47.7 Å². The fourth-order valence-electron chi connectivity index (χ4n) is 4.24. The average Bonchev–Trinajstić information content (AvgIpc) is 3.13. The molecule has 3 aromatic rings. The molecule has 0 radical (unpaired) electrons. The minimum absolute atomic E-state index is 0.0592. The molecule has 2 aromatic carbocycles. The van der Waals surface area contributed by atoms with E-state index in [1.807, 2.05) is 55.5 Å². The van der Waals surface area contributed by atoms with Gasteiger partial charge in [0.05, 0.1) is 25.3 Å². The Hall–Kier alpha value is -2.89. The summed E-state index contributed by atoms with van der Waals surface area (Å²) in [6.45, 7) is 10.0. The van der Waals surface area contributed by atoms with Gasteiger partial charge in [0.25, 0.3) is 5.91 Å². The largest absolute Gasteiger partial charge is 0.370 e. The molecule has 0 bridgehead atoms. The molecule has 31 heavy (non-hydrogen) atoms. The van der Waals surface area contributed by atoms with E-state index in [0.717, 1.165) is 74.0 Å². The second-order valence-corrected chi connectivity index (χ2v) is 8.33. The molecule has 1 aromatic heterocycles. The average molecular weight is 419 g/mol. The Morgan fingerprint density at radius 2 is 1.74 bits per heavy atom. The lowest BCUT2D eigenvalue weighted by molar-refractivity contribution is -0.908. The van der Waals surface area contributed by atoms with Crippen molar-refractivity contribution in [2.45, 2.75) is 26.8 Å². The third-order valence-electron chi connectivity index (χ3n) is 6.10. The number of nitrogens with one attached hydrogen (secondary N) is 2. The molecular weight excluding hydrogens is 386 g/mol. The van der Waals surface area contributed by atoms with Gasteiger partial charge in [-0.3, -0.25) is 4.79 Å². The number of rotatable bonds is 7. The van der Waals surface area contributed by atoms with Gasteiger partial charge in [-0.15, -0.1) is 0 Å². The zero-order chi connectivity index (χ0) is 21.6. The van der Waals surface area contributed by atoms with Crippen LogP contribution in [0.2, 0.25) is 0 Å². The summed E-state index contributed by atoms with van der Waals surface area (Å²) < 4.78 is 7.78. The van der Waals surface area contributed by atoms with Crippen LogP contribution in [0, 0.1) is 13.8 Å². The predicted molar refractivity (Wildman–Crippen MR) is 125 cm³/mol. The van der Waals surface area contributed by atoms with Gasteiger partial charge in [-0.25, -0.2) is 0 Å². The van der Waals surface area contributed by atoms with Gasteiger partial charge in [0.1, 0.15) is 13.1 Å². The Kier molecular flexibility index (Phi) is 6.85. The summed E-state index contributed by atoms with van der Waals surface area (Å²) in [5.41, 5.74) is 5.98. The highest BCUT2D eigenvalue weighted by molar-refractivity contribution is 6.06. The number of ether oxygens (including phenoxy) is 1. The highest BCUT2D eigenvalue weighted by atomic mass is 16.5. The minimum atomic E-state index is -0.0592. The molecule has 162 valence electrons. The molecule has 0 aliphatic carbocycles. The summed E-state index contributed by atoms with van der Waals surface area (Å²) in [5, 5.41) is 3.06. The number of benzene rings is 2. The van der Waals surface area contributed by atoms with E-state index in [9.17, 15) is 4.79 Å². The number of aryl methyl sites for hydroxylation is 1. The maximum atomic E-state index is 13.1. The minimum Gasteiger partial charge on any atom is -0.370 e. The molecule has 0 atom stereocenters. The third-order valence-corrected chi connectivity index (χ3v) is 6.10. The van der Waals surface area contributed by atoms with Crippen molar-refractivity contribution in [1.29, 1.82) is 0 Å². The lowest BCUT2D eigenvalue weighted by atomic mass is 10.1. The summed E-state index contributed by atoms with van der Waals surface area (Å²) in [5.74, 6) is -0.0592. The van der Waals surface area contributed by atoms with Gasteiger partial charge in [0.15, 0.2) is 0 Å². The smallest absolute Gasteiger partial charge is 0.257 e. The molecule has 5 nitrogen and oxygen atoms in total. The SMILES string of the molecule is Cc1ccc(NC(=O)c2cc(-c3ccccc3)n(CCC[NH+]3CCOCC3)c2C)cc1. The molecule has 0 saturated carbocycles. The summed E-state index contributed by atoms with van der Waals surface area (Å²) in [7, 11) is 0. The molecule has 2 N–H and O–H groups in total. The zero-order valence-corrected chi connectivity index (χ0v) is 18.5. The van der Waals surface area contributed by atoms with Crippen molar-refractivity contribution in [3.05, 3.63) is 77.5 Å². The first-order valence-corrected chi connectivity index (χ1v) is 11.2. The predicted octanol–water partition coefficient (Wildman–Crippen LogP) is 3.33. The van der Waals surface area contributed by atoms with Crippen LogP contribution >= 0.6 is 0 Å². The Bertz CT molecular complexity index is 1000. The van der Waals surface area contributed by atoms with Crippen molar-refractivity contribution in [1.82, 2.24) is 4.57 Å². The number of amides is 1. The number of quaternary nitrogens is 1. The maximum absolute atomic E-state index is 13.1. The Morgan fingerprint density at radius 1 is 1.03 bits per heavy atom. The van der Waals surface area contributed by atoms with E-state index in [0.29, 0.717) is 0 Å². The second-order valence-electron chi connectivity index (χ2n) is 8.33. The van der Waals surface area contributed by atoms with Gasteiger partial charge in [-0.05, 0) is 37.6 Å². The third kappa shape index (κ3) is 5.24. The van der Waals surface area contributed by atoms with Crippen LogP contribution in [-0.2, 0) is 11.3 Å². The molecule has 1 aliphatic heterocycles. The number of carbonyl (C=O) groups excluding carboxylic acids is 1. The number of morpholine rings is 1. The van der Waals surface area contributed by atoms with Gasteiger partial charge in [0, 0.05) is 30.0 Å². The highest BCUT2D eigenvalue weighted by Gasteiger charge is 2.20. The highest BCUT2D eigenvalue weighted by Crippen LogP contribution is 2.27. The van der Waals surface area contributed by atoms with Crippen molar-refractivity contribution in [2.24, 2.45) is 0 Å². The summed E-state index contributed by atoms with van der Waals surface area (Å²) in [4.78, 5) is 14.7. The van der Waals surface area contributed by atoms with Crippen LogP contribution in [0.15, 0.2) is 60.7 Å². The zero-order valence-electron chi connectivity index (χ0n) is 18.5. The quantitative estimate of drug-likeness (QED) is 0.618. The van der Waals surface area contributed by atoms with E-state index < -0.39 is 0 Å². The Balaban J connectivity index is 1.55. The molecule has 1 aliphatic rings. The second kappa shape index (κ2) is 9.94. The first-order chi connectivity index (χ1) is 15.1. The number of hydrogen-bond donors (Lipinski definition) is 2. The van der Waals surface area contributed by atoms with Crippen LogP contribution in [0.1, 0.15) is 28.0 Å². The number of hydrogen-bond acceptors (Lipinski definition) is 2. The number of aromatic nitrogens is 1. The molecule has 4 rings (SSSR count). The van der Waals surface area contributed by atoms with Crippen molar-refractivity contribution in [2.75, 3.05) is 38.2 Å². The number of nitrogens with zero attached hydrogens (tertiary/aromatic N) is 1. The molecule has 1 fully saturated rings. The molecule has 0 spiro atoms. The van der Waals surface area contributed by atoms with Crippen molar-refractivity contribution in [3.63, 3.8) is 0 Å². The fraction of sp³-hybridized carbons (Fsp3) is 0.346.